The predicted molar refractivity (Wildman–Crippen MR) is 158 cm³/mol. The molecule has 0 saturated heterocycles. The van der Waals surface area contributed by atoms with Gasteiger partial charge in [0.1, 0.15) is 0 Å². The van der Waals surface area contributed by atoms with Crippen molar-refractivity contribution in [2.75, 3.05) is 9.91 Å². The van der Waals surface area contributed by atoms with Crippen LogP contribution in [0.25, 0.3) is 10.8 Å². The first-order valence-electron chi connectivity index (χ1n) is 13.3. The molecular weight excluding hydrogens is 514 g/mol. The van der Waals surface area contributed by atoms with Gasteiger partial charge in [0.15, 0.2) is 0 Å². The van der Waals surface area contributed by atoms with Crippen molar-refractivity contribution in [2.24, 2.45) is 5.10 Å². The van der Waals surface area contributed by atoms with E-state index in [2.05, 4.69) is 12.1 Å². The molecule has 7 rings (SSSR count). The Morgan fingerprint density at radius 3 is 2.00 bits per heavy atom. The monoisotopic (exact) mass is 537 g/mol. The molecule has 0 bridgehead atoms. The minimum absolute atomic E-state index is 0.121. The van der Waals surface area contributed by atoms with Crippen LogP contribution in [0.15, 0.2) is 120 Å². The second kappa shape index (κ2) is 9.57. The topological polar surface area (TPSA) is 90.3 Å². The van der Waals surface area contributed by atoms with Crippen molar-refractivity contribution >= 4 is 45.6 Å². The molecule has 7 nitrogen and oxygen atoms in total. The van der Waals surface area contributed by atoms with Crippen molar-refractivity contribution in [3.8, 4) is 0 Å². The van der Waals surface area contributed by atoms with Gasteiger partial charge in [-0.25, -0.2) is 9.69 Å². The molecule has 41 heavy (non-hydrogen) atoms. The van der Waals surface area contributed by atoms with Crippen LogP contribution in [-0.4, -0.2) is 28.6 Å². The molecule has 2 amide bonds. The van der Waals surface area contributed by atoms with Gasteiger partial charge in [-0.05, 0) is 59.5 Å². The minimum Gasteiger partial charge on any atom is -0.478 e. The largest absolute Gasteiger partial charge is 0.478 e. The number of rotatable bonds is 5. The number of anilines is 2. The number of carboxylic acid groups (broad SMARTS) is 1. The fraction of sp³-hybridized carbons (Fsp3) is 0.0588. The van der Waals surface area contributed by atoms with Gasteiger partial charge in [0.2, 0.25) is 0 Å². The van der Waals surface area contributed by atoms with Crippen molar-refractivity contribution in [3.05, 3.63) is 143 Å². The molecule has 2 aliphatic heterocycles. The number of nitrogens with zero attached hydrogens (tertiary/aromatic N) is 3. The zero-order chi connectivity index (χ0) is 28.1. The normalized spacial score (nSPS) is 16.3. The van der Waals surface area contributed by atoms with Crippen molar-refractivity contribution in [2.45, 2.75) is 12.5 Å². The second-order valence-corrected chi connectivity index (χ2v) is 10.0. The van der Waals surface area contributed by atoms with Gasteiger partial charge >= 0.3 is 5.97 Å². The molecular formula is C34H23N3O4. The fourth-order valence-corrected chi connectivity index (χ4v) is 5.76. The number of para-hydroxylation sites is 1. The first-order chi connectivity index (χ1) is 20.0. The maximum atomic E-state index is 13.6. The van der Waals surface area contributed by atoms with Crippen molar-refractivity contribution in [1.29, 1.82) is 0 Å². The Hall–Kier alpha value is -5.56. The predicted octanol–water partition coefficient (Wildman–Crippen LogP) is 6.69. The Kier molecular flexibility index (Phi) is 5.71. The number of imide groups is 1. The highest BCUT2D eigenvalue weighted by Gasteiger charge is 2.36. The van der Waals surface area contributed by atoms with Gasteiger partial charge < -0.3 is 5.11 Å². The highest BCUT2D eigenvalue weighted by molar-refractivity contribution is 6.36. The molecule has 2 heterocycles. The number of benzene rings is 5. The van der Waals surface area contributed by atoms with E-state index in [-0.39, 0.29) is 23.4 Å². The summed E-state index contributed by atoms with van der Waals surface area (Å²) in [5.41, 5.74) is 5.19. The summed E-state index contributed by atoms with van der Waals surface area (Å²) in [6.07, 6.45) is 0.585. The van der Waals surface area contributed by atoms with Crippen LogP contribution in [0.3, 0.4) is 0 Å². The Bertz CT molecular complexity index is 1860. The Labute approximate surface area is 235 Å². The highest BCUT2D eigenvalue weighted by atomic mass is 16.4. The van der Waals surface area contributed by atoms with Gasteiger partial charge in [0.25, 0.3) is 11.8 Å². The number of carbonyl (C=O) groups excluding carboxylic acids is 2. The fourth-order valence-electron chi connectivity index (χ4n) is 5.76. The van der Waals surface area contributed by atoms with Crippen LogP contribution in [0.2, 0.25) is 0 Å². The van der Waals surface area contributed by atoms with Crippen molar-refractivity contribution < 1.29 is 19.5 Å². The lowest BCUT2D eigenvalue weighted by atomic mass is 9.88. The van der Waals surface area contributed by atoms with Gasteiger partial charge in [-0.15, -0.1) is 0 Å². The molecule has 0 radical (unpaired) electrons. The van der Waals surface area contributed by atoms with Gasteiger partial charge in [-0.2, -0.15) is 5.10 Å². The smallest absolute Gasteiger partial charge is 0.335 e. The summed E-state index contributed by atoms with van der Waals surface area (Å²) < 4.78 is 0. The summed E-state index contributed by atoms with van der Waals surface area (Å²) in [4.78, 5) is 39.9. The first-order valence-corrected chi connectivity index (χ1v) is 13.3. The third-order valence-electron chi connectivity index (χ3n) is 7.71. The average Bonchev–Trinajstić information content (AvgIpc) is 3.46. The van der Waals surface area contributed by atoms with Crippen LogP contribution in [0.1, 0.15) is 54.7 Å². The maximum absolute atomic E-state index is 13.6. The molecule has 0 saturated carbocycles. The highest BCUT2D eigenvalue weighted by Crippen LogP contribution is 2.40. The average molecular weight is 538 g/mol. The van der Waals surface area contributed by atoms with E-state index in [1.54, 1.807) is 60.7 Å². The molecule has 5 aromatic carbocycles. The third-order valence-corrected chi connectivity index (χ3v) is 7.71. The molecule has 2 aliphatic rings. The number of carbonyl (C=O) groups is 3. The molecule has 1 N–H and O–H groups in total. The van der Waals surface area contributed by atoms with Crippen LogP contribution in [0, 0.1) is 0 Å². The summed E-state index contributed by atoms with van der Waals surface area (Å²) in [6.45, 7) is 0. The van der Waals surface area contributed by atoms with Gasteiger partial charge in [-0.3, -0.25) is 14.6 Å². The number of aromatic carboxylic acids is 1. The van der Waals surface area contributed by atoms with E-state index in [9.17, 15) is 19.5 Å². The Morgan fingerprint density at radius 1 is 0.683 bits per heavy atom. The summed E-state index contributed by atoms with van der Waals surface area (Å²) >= 11 is 0. The molecule has 7 heteroatoms. The Balaban J connectivity index is 1.35. The lowest BCUT2D eigenvalue weighted by Gasteiger charge is -2.27. The molecule has 0 spiro atoms. The van der Waals surface area contributed by atoms with Crippen molar-refractivity contribution in [3.63, 3.8) is 0 Å². The quantitative estimate of drug-likeness (QED) is 0.252. The van der Waals surface area contributed by atoms with Crippen LogP contribution in [-0.2, 0) is 0 Å². The van der Waals surface area contributed by atoms with E-state index < -0.39 is 5.97 Å². The number of hydrazone groups is 1. The number of hydrogen-bond donors (Lipinski definition) is 1. The van der Waals surface area contributed by atoms with Crippen LogP contribution < -0.4 is 9.91 Å². The van der Waals surface area contributed by atoms with E-state index in [0.717, 1.165) is 27.9 Å². The molecule has 0 aliphatic carbocycles. The Morgan fingerprint density at radius 2 is 1.32 bits per heavy atom. The molecule has 0 aromatic heterocycles. The lowest BCUT2D eigenvalue weighted by molar-refractivity contribution is 0.0696. The molecule has 1 atom stereocenters. The summed E-state index contributed by atoms with van der Waals surface area (Å²) in [7, 11) is 0. The zero-order valence-electron chi connectivity index (χ0n) is 21.8. The number of amides is 2. The van der Waals surface area contributed by atoms with Crippen molar-refractivity contribution in [1.82, 2.24) is 0 Å². The van der Waals surface area contributed by atoms with E-state index >= 15 is 0 Å². The molecule has 1 unspecified atom stereocenters. The SMILES string of the molecule is O=C(O)c1ccc(N2N=C(c3ccc4c5c(cccc35)C(=O)N(c3ccccc3)C4=O)CC2c2ccccc2)cc1. The molecule has 198 valence electrons. The van der Waals surface area contributed by atoms with Gasteiger partial charge in [0.05, 0.1) is 28.7 Å². The van der Waals surface area contributed by atoms with Crippen LogP contribution in [0.4, 0.5) is 11.4 Å². The summed E-state index contributed by atoms with van der Waals surface area (Å²) in [5.74, 6) is -1.69. The summed E-state index contributed by atoms with van der Waals surface area (Å²) in [6, 6.07) is 34.8. The van der Waals surface area contributed by atoms with Crippen LogP contribution in [0.5, 0.6) is 0 Å². The van der Waals surface area contributed by atoms with Gasteiger partial charge in [-0.1, -0.05) is 66.7 Å². The first kappa shape index (κ1) is 24.5. The van der Waals surface area contributed by atoms with E-state index in [1.165, 1.54) is 4.90 Å². The zero-order valence-corrected chi connectivity index (χ0v) is 21.8. The second-order valence-electron chi connectivity index (χ2n) is 10.0. The number of carboxylic acids is 1. The lowest BCUT2D eigenvalue weighted by Crippen LogP contribution is -2.40. The number of hydrogen-bond acceptors (Lipinski definition) is 5. The standard InChI is InChI=1S/C34H23N3O4/c38-32-27-13-7-12-26-25(18-19-28(31(26)27)33(39)36(32)23-10-5-2-6-11-23)29-20-30(21-8-3-1-4-9-21)37(35-29)24-16-14-22(15-17-24)34(40)41/h1-19,30H,20H2,(H,40,41). The van der Waals surface area contributed by atoms with E-state index in [0.29, 0.717) is 28.6 Å². The van der Waals surface area contributed by atoms with Gasteiger partial charge in [0, 0.05) is 28.5 Å². The minimum atomic E-state index is -0.986. The molecule has 5 aromatic rings. The van der Waals surface area contributed by atoms with E-state index in [4.69, 9.17) is 5.10 Å². The van der Waals surface area contributed by atoms with Crippen LogP contribution >= 0.6 is 0 Å². The molecule has 0 fully saturated rings. The third kappa shape index (κ3) is 3.98. The maximum Gasteiger partial charge on any atom is 0.335 e. The summed E-state index contributed by atoms with van der Waals surface area (Å²) in [5, 5.41) is 17.7. The van der Waals surface area contributed by atoms with E-state index in [1.807, 2.05) is 47.5 Å².